The van der Waals surface area contributed by atoms with E-state index in [0.717, 1.165) is 17.7 Å². The van der Waals surface area contributed by atoms with Crippen LogP contribution in [0.25, 0.3) is 0 Å². The maximum Gasteiger partial charge on any atom is 0.352 e. The molecule has 2 N–H and O–H groups in total. The molecule has 1 heterocycles. The first-order chi connectivity index (χ1) is 10.5. The molecule has 114 valence electrons. The summed E-state index contributed by atoms with van der Waals surface area (Å²) in [5.41, 5.74) is 2.70. The number of hydrogen-bond acceptors (Lipinski definition) is 2. The van der Waals surface area contributed by atoms with Gasteiger partial charge in [0, 0.05) is 24.1 Å². The lowest BCUT2D eigenvalue weighted by molar-refractivity contribution is 0.0690. The molecule has 0 fully saturated rings. The van der Waals surface area contributed by atoms with E-state index >= 15 is 0 Å². The van der Waals surface area contributed by atoms with Gasteiger partial charge < -0.3 is 10.1 Å². The smallest absolute Gasteiger partial charge is 0.352 e. The highest BCUT2D eigenvalue weighted by molar-refractivity contribution is 6.42. The molecule has 0 aliphatic heterocycles. The van der Waals surface area contributed by atoms with Gasteiger partial charge in [0.2, 0.25) is 0 Å². The van der Waals surface area contributed by atoms with Crippen molar-refractivity contribution in [2.24, 2.45) is 0 Å². The van der Waals surface area contributed by atoms with Gasteiger partial charge in [0.15, 0.2) is 5.78 Å². The summed E-state index contributed by atoms with van der Waals surface area (Å²) in [6, 6.07) is 5.15. The van der Waals surface area contributed by atoms with Crippen LogP contribution in [0.4, 0.5) is 0 Å². The Morgan fingerprint density at radius 3 is 2.68 bits per heavy atom. The van der Waals surface area contributed by atoms with Crippen molar-refractivity contribution in [3.05, 3.63) is 56.3 Å². The van der Waals surface area contributed by atoms with Crippen molar-refractivity contribution in [1.82, 2.24) is 4.98 Å². The molecule has 0 atom stereocenters. The predicted octanol–water partition coefficient (Wildman–Crippen LogP) is 4.13. The van der Waals surface area contributed by atoms with Crippen LogP contribution in [0.2, 0.25) is 10.0 Å². The first-order valence-electron chi connectivity index (χ1n) is 6.91. The second-order valence-electron chi connectivity index (χ2n) is 5.34. The number of carbonyl (C=O) groups excluding carboxylic acids is 1. The number of carboxylic acid groups (broad SMARTS) is 1. The second-order valence-corrected chi connectivity index (χ2v) is 6.15. The number of aromatic nitrogens is 1. The number of aryl methyl sites for hydroxylation is 1. The van der Waals surface area contributed by atoms with Gasteiger partial charge in [0.1, 0.15) is 5.69 Å². The third-order valence-electron chi connectivity index (χ3n) is 3.87. The number of fused-ring (bicyclic) bond motifs is 1. The van der Waals surface area contributed by atoms with E-state index in [1.54, 1.807) is 18.2 Å². The number of carboxylic acids is 1. The van der Waals surface area contributed by atoms with E-state index < -0.39 is 5.97 Å². The van der Waals surface area contributed by atoms with E-state index in [2.05, 4.69) is 4.98 Å². The Morgan fingerprint density at radius 1 is 1.23 bits per heavy atom. The summed E-state index contributed by atoms with van der Waals surface area (Å²) < 4.78 is 0. The number of hydrogen-bond donors (Lipinski definition) is 2. The fourth-order valence-corrected chi connectivity index (χ4v) is 3.20. The summed E-state index contributed by atoms with van der Waals surface area (Å²) >= 11 is 11.9. The van der Waals surface area contributed by atoms with Gasteiger partial charge in [-0.15, -0.1) is 0 Å². The van der Waals surface area contributed by atoms with E-state index in [9.17, 15) is 14.7 Å². The van der Waals surface area contributed by atoms with Crippen molar-refractivity contribution in [2.45, 2.75) is 25.7 Å². The average Bonchev–Trinajstić information content (AvgIpc) is 2.83. The Labute approximate surface area is 137 Å². The Bertz CT molecular complexity index is 780. The number of aromatic carboxylic acids is 1. The Morgan fingerprint density at radius 2 is 2.00 bits per heavy atom. The van der Waals surface area contributed by atoms with E-state index in [0.29, 0.717) is 40.4 Å². The highest BCUT2D eigenvalue weighted by Crippen LogP contribution is 2.30. The molecule has 0 spiro atoms. The molecule has 0 saturated carbocycles. The molecule has 1 aliphatic rings. The van der Waals surface area contributed by atoms with Gasteiger partial charge in [0.05, 0.1) is 10.0 Å². The lowest BCUT2D eigenvalue weighted by atomic mass is 9.90. The normalized spacial score (nSPS) is 14.0. The number of nitrogens with one attached hydrogen (secondary N) is 1. The van der Waals surface area contributed by atoms with Gasteiger partial charge in [-0.25, -0.2) is 4.79 Å². The number of ketones is 1. The third kappa shape index (κ3) is 2.64. The highest BCUT2D eigenvalue weighted by atomic mass is 35.5. The Balaban J connectivity index is 2.08. The van der Waals surface area contributed by atoms with E-state index in [1.807, 2.05) is 0 Å². The summed E-state index contributed by atoms with van der Waals surface area (Å²) in [7, 11) is 0. The number of benzene rings is 1. The summed E-state index contributed by atoms with van der Waals surface area (Å²) in [4.78, 5) is 26.6. The molecule has 2 aromatic rings. The molecule has 0 bridgehead atoms. The van der Waals surface area contributed by atoms with Crippen LogP contribution >= 0.6 is 23.2 Å². The SMILES string of the molecule is O=C(O)c1[nH]c2c(c1Cc1ccc(Cl)c(Cl)c1)C(=O)CCC2. The van der Waals surface area contributed by atoms with Crippen LogP contribution in [0, 0.1) is 0 Å². The van der Waals surface area contributed by atoms with Gasteiger partial charge in [-0.05, 0) is 36.1 Å². The van der Waals surface area contributed by atoms with Crippen LogP contribution in [0.3, 0.4) is 0 Å². The predicted molar refractivity (Wildman–Crippen MR) is 84.3 cm³/mol. The minimum Gasteiger partial charge on any atom is -0.477 e. The molecule has 1 aromatic carbocycles. The molecular weight excluding hydrogens is 325 g/mol. The lowest BCUT2D eigenvalue weighted by Gasteiger charge is -2.12. The fraction of sp³-hybridized carbons (Fsp3) is 0.250. The molecule has 1 aliphatic carbocycles. The van der Waals surface area contributed by atoms with Crippen LogP contribution in [0.1, 0.15) is 50.5 Å². The van der Waals surface area contributed by atoms with Gasteiger partial charge in [0.25, 0.3) is 0 Å². The largest absolute Gasteiger partial charge is 0.477 e. The van der Waals surface area contributed by atoms with Gasteiger partial charge in [-0.1, -0.05) is 29.3 Å². The number of rotatable bonds is 3. The van der Waals surface area contributed by atoms with Crippen LogP contribution < -0.4 is 0 Å². The second kappa shape index (κ2) is 5.78. The third-order valence-corrected chi connectivity index (χ3v) is 4.61. The minimum atomic E-state index is -1.06. The summed E-state index contributed by atoms with van der Waals surface area (Å²) in [6.45, 7) is 0. The van der Waals surface area contributed by atoms with Gasteiger partial charge >= 0.3 is 5.97 Å². The van der Waals surface area contributed by atoms with Crippen molar-refractivity contribution in [3.63, 3.8) is 0 Å². The molecule has 1 aromatic heterocycles. The zero-order chi connectivity index (χ0) is 15.9. The van der Waals surface area contributed by atoms with E-state index in [4.69, 9.17) is 23.2 Å². The molecule has 0 radical (unpaired) electrons. The Kier molecular flexibility index (Phi) is 3.98. The monoisotopic (exact) mass is 337 g/mol. The summed E-state index contributed by atoms with van der Waals surface area (Å²) in [6.07, 6.45) is 2.23. The molecule has 0 amide bonds. The molecule has 6 heteroatoms. The summed E-state index contributed by atoms with van der Waals surface area (Å²) in [5.74, 6) is -1.06. The molecular formula is C16H13Cl2NO3. The van der Waals surface area contributed by atoms with Crippen molar-refractivity contribution >= 4 is 35.0 Å². The van der Waals surface area contributed by atoms with Crippen LogP contribution in [-0.2, 0) is 12.8 Å². The maximum atomic E-state index is 12.2. The maximum absolute atomic E-state index is 12.2. The van der Waals surface area contributed by atoms with Gasteiger partial charge in [-0.3, -0.25) is 4.79 Å². The first-order valence-corrected chi connectivity index (χ1v) is 7.67. The number of halogens is 2. The Hall–Kier alpha value is -1.78. The fourth-order valence-electron chi connectivity index (χ4n) is 2.88. The summed E-state index contributed by atoms with van der Waals surface area (Å²) in [5, 5.41) is 10.2. The molecule has 22 heavy (non-hydrogen) atoms. The number of carbonyl (C=O) groups is 2. The quantitative estimate of drug-likeness (QED) is 0.884. The van der Waals surface area contributed by atoms with Crippen molar-refractivity contribution in [3.8, 4) is 0 Å². The average molecular weight is 338 g/mol. The zero-order valence-corrected chi connectivity index (χ0v) is 13.1. The molecule has 4 nitrogen and oxygen atoms in total. The van der Waals surface area contributed by atoms with Crippen LogP contribution in [0.5, 0.6) is 0 Å². The van der Waals surface area contributed by atoms with E-state index in [1.165, 1.54) is 0 Å². The molecule has 3 rings (SSSR count). The molecule has 0 unspecified atom stereocenters. The van der Waals surface area contributed by atoms with Crippen molar-refractivity contribution in [2.75, 3.05) is 0 Å². The highest BCUT2D eigenvalue weighted by Gasteiger charge is 2.28. The van der Waals surface area contributed by atoms with E-state index in [-0.39, 0.29) is 11.5 Å². The number of aromatic amines is 1. The first kappa shape index (κ1) is 15.1. The van der Waals surface area contributed by atoms with Gasteiger partial charge in [-0.2, -0.15) is 0 Å². The topological polar surface area (TPSA) is 70.2 Å². The van der Waals surface area contributed by atoms with Crippen molar-refractivity contribution in [1.29, 1.82) is 0 Å². The molecule has 0 saturated heterocycles. The van der Waals surface area contributed by atoms with Crippen molar-refractivity contribution < 1.29 is 14.7 Å². The zero-order valence-electron chi connectivity index (χ0n) is 11.6. The minimum absolute atomic E-state index is 0.0000560. The van der Waals surface area contributed by atoms with Crippen LogP contribution in [-0.4, -0.2) is 21.8 Å². The van der Waals surface area contributed by atoms with Crippen LogP contribution in [0.15, 0.2) is 18.2 Å². The lowest BCUT2D eigenvalue weighted by Crippen LogP contribution is -2.11. The number of H-pyrrole nitrogens is 1. The number of Topliss-reactive ketones (excluding diaryl/α,β-unsaturated/α-hetero) is 1. The standard InChI is InChI=1S/C16H13Cl2NO3/c17-10-5-4-8(7-11(10)18)6-9-14-12(2-1-3-13(14)20)19-15(9)16(21)22/h4-5,7,19H,1-3,6H2,(H,21,22).